The second kappa shape index (κ2) is 11.4. The number of aromatic nitrogens is 2. The summed E-state index contributed by atoms with van der Waals surface area (Å²) in [5.74, 6) is -0.449. The van der Waals surface area contributed by atoms with Crippen LogP contribution in [0.4, 0.5) is 18.9 Å². The van der Waals surface area contributed by atoms with Crippen molar-refractivity contribution in [2.24, 2.45) is 0 Å². The van der Waals surface area contributed by atoms with E-state index in [1.54, 1.807) is 19.3 Å². The molecule has 0 fully saturated rings. The van der Waals surface area contributed by atoms with Crippen LogP contribution < -0.4 is 4.90 Å². The second-order valence-corrected chi connectivity index (χ2v) is 9.56. The third-order valence-electron chi connectivity index (χ3n) is 6.98. The Bertz CT molecular complexity index is 1340. The fourth-order valence-electron chi connectivity index (χ4n) is 5.20. The van der Waals surface area contributed by atoms with E-state index in [9.17, 15) is 18.0 Å². The number of hydrogen-bond donors (Lipinski definition) is 0. The molecule has 0 saturated heterocycles. The summed E-state index contributed by atoms with van der Waals surface area (Å²) in [4.78, 5) is 21.7. The van der Waals surface area contributed by atoms with Crippen molar-refractivity contribution in [2.45, 2.75) is 72.0 Å². The first-order valence-electron chi connectivity index (χ1n) is 12.9. The first-order valence-corrected chi connectivity index (χ1v) is 13.2. The summed E-state index contributed by atoms with van der Waals surface area (Å²) >= 11 is 6.30. The predicted molar refractivity (Wildman–Crippen MR) is 143 cm³/mol. The fraction of sp³-hybridized carbons (Fsp3) is 0.429. The van der Waals surface area contributed by atoms with Crippen molar-refractivity contribution in [1.82, 2.24) is 14.5 Å². The Morgan fingerprint density at radius 2 is 1.87 bits per heavy atom. The molecule has 6 nitrogen and oxygen atoms in total. The smallest absolute Gasteiger partial charge is 0.417 e. The van der Waals surface area contributed by atoms with Gasteiger partial charge in [0, 0.05) is 31.0 Å². The van der Waals surface area contributed by atoms with E-state index in [4.69, 9.17) is 16.3 Å². The van der Waals surface area contributed by atoms with E-state index in [2.05, 4.69) is 4.98 Å². The first-order chi connectivity index (χ1) is 18.1. The van der Waals surface area contributed by atoms with Gasteiger partial charge in [-0.15, -0.1) is 0 Å². The van der Waals surface area contributed by atoms with E-state index in [-0.39, 0.29) is 30.4 Å². The molecule has 0 amide bonds. The van der Waals surface area contributed by atoms with Crippen molar-refractivity contribution in [3.8, 4) is 0 Å². The molecule has 1 aliphatic rings. The summed E-state index contributed by atoms with van der Waals surface area (Å²) < 4.78 is 48.2. The van der Waals surface area contributed by atoms with Gasteiger partial charge in [-0.3, -0.25) is 4.90 Å². The quantitative estimate of drug-likeness (QED) is 0.283. The molecule has 204 valence electrons. The van der Waals surface area contributed by atoms with Gasteiger partial charge in [0.1, 0.15) is 0 Å². The molecular weight excluding hydrogens is 517 g/mol. The number of anilines is 1. The van der Waals surface area contributed by atoms with Gasteiger partial charge >= 0.3 is 12.1 Å². The average Bonchev–Trinajstić information content (AvgIpc) is 3.31. The lowest BCUT2D eigenvalue weighted by atomic mass is 9.96. The molecule has 1 aromatic heterocycles. The van der Waals surface area contributed by atoms with E-state index < -0.39 is 17.7 Å². The van der Waals surface area contributed by atoms with Crippen LogP contribution in [0.5, 0.6) is 0 Å². The minimum atomic E-state index is -4.57. The monoisotopic (exact) mass is 548 g/mol. The van der Waals surface area contributed by atoms with E-state index in [1.165, 1.54) is 6.07 Å². The number of carbonyl (C=O) groups excluding carboxylic acids is 1. The second-order valence-electron chi connectivity index (χ2n) is 9.18. The molecule has 2 heterocycles. The number of esters is 1. The first kappa shape index (κ1) is 28.0. The molecule has 38 heavy (non-hydrogen) atoms. The van der Waals surface area contributed by atoms with Gasteiger partial charge in [0.2, 0.25) is 0 Å². The highest BCUT2D eigenvalue weighted by molar-refractivity contribution is 6.32. The summed E-state index contributed by atoms with van der Waals surface area (Å²) in [6.45, 7) is 8.87. The van der Waals surface area contributed by atoms with E-state index in [0.717, 1.165) is 29.3 Å². The maximum absolute atomic E-state index is 13.6. The third kappa shape index (κ3) is 5.27. The van der Waals surface area contributed by atoms with Crippen LogP contribution in [0, 0.1) is 0 Å². The SMILES string of the molecule is CCOC(=O)C1=CN(c2ccc3c(c2)ncn3CC)C(CC)N(Cc2cccc(C(F)(F)F)c2Cl)C1CC. The highest BCUT2D eigenvalue weighted by Crippen LogP contribution is 2.39. The molecule has 0 aliphatic carbocycles. The summed E-state index contributed by atoms with van der Waals surface area (Å²) in [7, 11) is 0. The molecule has 2 unspecified atom stereocenters. The van der Waals surface area contributed by atoms with Crippen LogP contribution in [0.2, 0.25) is 5.02 Å². The molecule has 2 atom stereocenters. The molecule has 0 spiro atoms. The van der Waals surface area contributed by atoms with Crippen molar-refractivity contribution >= 4 is 34.3 Å². The number of imidazole rings is 1. The highest BCUT2D eigenvalue weighted by atomic mass is 35.5. The maximum atomic E-state index is 13.6. The van der Waals surface area contributed by atoms with Crippen molar-refractivity contribution in [3.05, 3.63) is 70.6 Å². The molecular formula is C28H32ClF3N4O2. The zero-order valence-electron chi connectivity index (χ0n) is 21.9. The minimum Gasteiger partial charge on any atom is -0.463 e. The van der Waals surface area contributed by atoms with Gasteiger partial charge in [0.25, 0.3) is 0 Å². The summed E-state index contributed by atoms with van der Waals surface area (Å²) in [5.41, 5.74) is 2.55. The Morgan fingerprint density at radius 3 is 2.50 bits per heavy atom. The number of halogens is 4. The molecule has 4 rings (SSSR count). The zero-order chi connectivity index (χ0) is 27.6. The molecule has 3 aromatic rings. The van der Waals surface area contributed by atoms with Gasteiger partial charge in [0.15, 0.2) is 0 Å². The predicted octanol–water partition coefficient (Wildman–Crippen LogP) is 7.01. The maximum Gasteiger partial charge on any atom is 0.417 e. The van der Waals surface area contributed by atoms with Gasteiger partial charge in [-0.1, -0.05) is 37.6 Å². The van der Waals surface area contributed by atoms with Gasteiger partial charge in [0.05, 0.1) is 46.3 Å². The van der Waals surface area contributed by atoms with Crippen molar-refractivity contribution in [3.63, 3.8) is 0 Å². The summed E-state index contributed by atoms with van der Waals surface area (Å²) in [5, 5.41) is -0.324. The van der Waals surface area contributed by atoms with Crippen molar-refractivity contribution in [1.29, 1.82) is 0 Å². The van der Waals surface area contributed by atoms with Crippen LogP contribution in [-0.4, -0.2) is 39.2 Å². The molecule has 10 heteroatoms. The largest absolute Gasteiger partial charge is 0.463 e. The number of nitrogens with zero attached hydrogens (tertiary/aromatic N) is 4. The van der Waals surface area contributed by atoms with Crippen LogP contribution in [0.25, 0.3) is 11.0 Å². The van der Waals surface area contributed by atoms with Gasteiger partial charge < -0.3 is 14.2 Å². The highest BCUT2D eigenvalue weighted by Gasteiger charge is 2.40. The van der Waals surface area contributed by atoms with E-state index in [1.807, 2.05) is 59.5 Å². The molecule has 2 aromatic carbocycles. The van der Waals surface area contributed by atoms with E-state index >= 15 is 0 Å². The lowest BCUT2D eigenvalue weighted by Crippen LogP contribution is -2.55. The molecule has 0 radical (unpaired) electrons. The molecule has 0 bridgehead atoms. The fourth-order valence-corrected chi connectivity index (χ4v) is 5.49. The summed E-state index contributed by atoms with van der Waals surface area (Å²) in [6.07, 6.45) is -0.0104. The number of ether oxygens (including phenoxy) is 1. The van der Waals surface area contributed by atoms with Crippen LogP contribution in [0.1, 0.15) is 51.7 Å². The third-order valence-corrected chi connectivity index (χ3v) is 7.43. The number of fused-ring (bicyclic) bond motifs is 1. The van der Waals surface area contributed by atoms with Gasteiger partial charge in [-0.2, -0.15) is 13.2 Å². The Hall–Kier alpha value is -3.04. The molecule has 0 saturated carbocycles. The molecule has 0 N–H and O–H groups in total. The van der Waals surface area contributed by atoms with Crippen LogP contribution >= 0.6 is 11.6 Å². The number of aryl methyl sites for hydroxylation is 1. The average molecular weight is 549 g/mol. The standard InChI is InChI=1S/C28H32ClF3N4O2/c1-5-23-20(27(37)38-8-4)16-35(19-12-13-24-22(14-19)33-17-34(24)7-3)25(6-2)36(23)15-18-10-9-11-21(26(18)29)28(30,31)32/h9-14,16-17,23,25H,5-8,15H2,1-4H3. The number of hydrogen-bond acceptors (Lipinski definition) is 5. The van der Waals surface area contributed by atoms with E-state index in [0.29, 0.717) is 24.0 Å². The minimum absolute atomic E-state index is 0.125. The van der Waals surface area contributed by atoms with Crippen LogP contribution in [0.3, 0.4) is 0 Å². The normalized spacial score (nSPS) is 18.6. The lowest BCUT2D eigenvalue weighted by Gasteiger charge is -2.47. The lowest BCUT2D eigenvalue weighted by molar-refractivity contribution is -0.140. The summed E-state index contributed by atoms with van der Waals surface area (Å²) in [6, 6.07) is 9.51. The number of carbonyl (C=O) groups is 1. The Kier molecular flexibility index (Phi) is 8.37. The Morgan fingerprint density at radius 1 is 1.11 bits per heavy atom. The molecule has 1 aliphatic heterocycles. The number of rotatable bonds is 8. The van der Waals surface area contributed by atoms with Crippen LogP contribution in [-0.2, 0) is 28.8 Å². The number of benzene rings is 2. The van der Waals surface area contributed by atoms with Gasteiger partial charge in [-0.25, -0.2) is 9.78 Å². The van der Waals surface area contributed by atoms with Gasteiger partial charge in [-0.05, 0) is 56.5 Å². The topological polar surface area (TPSA) is 50.6 Å². The van der Waals surface area contributed by atoms with Crippen LogP contribution in [0.15, 0.2) is 54.5 Å². The van der Waals surface area contributed by atoms with Crippen molar-refractivity contribution in [2.75, 3.05) is 11.5 Å². The Labute approximate surface area is 225 Å². The Balaban J connectivity index is 1.83. The van der Waals surface area contributed by atoms with Crippen molar-refractivity contribution < 1.29 is 22.7 Å². The zero-order valence-corrected chi connectivity index (χ0v) is 22.7. The number of alkyl halides is 3.